The van der Waals surface area contributed by atoms with Crippen molar-refractivity contribution in [3.8, 4) is 11.1 Å². The van der Waals surface area contributed by atoms with Crippen molar-refractivity contribution in [2.24, 2.45) is 5.73 Å². The number of amides is 1. The average Bonchev–Trinajstić information content (AvgIpc) is 2.69. The lowest BCUT2D eigenvalue weighted by molar-refractivity contribution is -0.384. The molecule has 27 heavy (non-hydrogen) atoms. The van der Waals surface area contributed by atoms with Gasteiger partial charge in [-0.05, 0) is 35.2 Å². The minimum Gasteiger partial charge on any atom is -0.325 e. The first-order chi connectivity index (χ1) is 13.0. The lowest BCUT2D eigenvalue weighted by Gasteiger charge is -2.13. The zero-order valence-corrected chi connectivity index (χ0v) is 14.5. The molecule has 3 N–H and O–H groups in total. The standard InChI is InChI=1S/C21H19N3O3/c22-20(21(25)23-18-10-12-19(13-11-18)24(26)27)14-15-6-8-17(9-7-15)16-4-2-1-3-5-16/h1-13,20H,14,22H2,(H,23,25). The third-order valence-corrected chi connectivity index (χ3v) is 4.20. The number of benzene rings is 3. The third kappa shape index (κ3) is 4.77. The summed E-state index contributed by atoms with van der Waals surface area (Å²) in [4.78, 5) is 22.4. The number of rotatable bonds is 6. The van der Waals surface area contributed by atoms with Gasteiger partial charge in [-0.25, -0.2) is 0 Å². The van der Waals surface area contributed by atoms with Crippen LogP contribution in [0.2, 0.25) is 0 Å². The number of non-ortho nitro benzene ring substituents is 1. The number of nitrogens with zero attached hydrogens (tertiary/aromatic N) is 1. The predicted octanol–water partition coefficient (Wildman–Crippen LogP) is 3.77. The molecule has 0 aliphatic carbocycles. The van der Waals surface area contributed by atoms with Crippen LogP contribution in [0.4, 0.5) is 11.4 Å². The molecule has 0 aromatic heterocycles. The van der Waals surface area contributed by atoms with Crippen LogP contribution in [0.5, 0.6) is 0 Å². The Hall–Kier alpha value is -3.51. The van der Waals surface area contributed by atoms with Crippen LogP contribution in [-0.4, -0.2) is 16.9 Å². The summed E-state index contributed by atoms with van der Waals surface area (Å²) in [6.45, 7) is 0. The molecule has 0 aliphatic heterocycles. The molecule has 0 heterocycles. The molecule has 136 valence electrons. The van der Waals surface area contributed by atoms with Crippen molar-refractivity contribution in [2.75, 3.05) is 5.32 Å². The van der Waals surface area contributed by atoms with Gasteiger partial charge in [-0.2, -0.15) is 0 Å². The number of anilines is 1. The zero-order valence-electron chi connectivity index (χ0n) is 14.5. The third-order valence-electron chi connectivity index (χ3n) is 4.20. The number of hydrogen-bond donors (Lipinski definition) is 2. The Labute approximate surface area is 156 Å². The van der Waals surface area contributed by atoms with Crippen LogP contribution in [0, 0.1) is 10.1 Å². The van der Waals surface area contributed by atoms with E-state index in [4.69, 9.17) is 5.73 Å². The van der Waals surface area contributed by atoms with E-state index in [1.165, 1.54) is 24.3 Å². The molecule has 1 amide bonds. The fourth-order valence-corrected chi connectivity index (χ4v) is 2.71. The smallest absolute Gasteiger partial charge is 0.269 e. The van der Waals surface area contributed by atoms with E-state index in [0.717, 1.165) is 16.7 Å². The lowest BCUT2D eigenvalue weighted by Crippen LogP contribution is -2.37. The molecule has 0 radical (unpaired) electrons. The molecule has 0 fully saturated rings. The molecule has 3 aromatic carbocycles. The maximum Gasteiger partial charge on any atom is 0.269 e. The summed E-state index contributed by atoms with van der Waals surface area (Å²) in [7, 11) is 0. The highest BCUT2D eigenvalue weighted by Crippen LogP contribution is 2.20. The molecule has 0 saturated heterocycles. The van der Waals surface area contributed by atoms with Gasteiger partial charge in [-0.1, -0.05) is 54.6 Å². The van der Waals surface area contributed by atoms with Gasteiger partial charge in [0.25, 0.3) is 5.69 Å². The lowest BCUT2D eigenvalue weighted by atomic mass is 10.0. The molecule has 3 aromatic rings. The molecule has 0 aliphatic rings. The summed E-state index contributed by atoms with van der Waals surface area (Å²) in [5.74, 6) is -0.337. The first-order valence-electron chi connectivity index (χ1n) is 8.48. The van der Waals surface area contributed by atoms with Gasteiger partial charge >= 0.3 is 0 Å². The van der Waals surface area contributed by atoms with Gasteiger partial charge in [-0.15, -0.1) is 0 Å². The monoisotopic (exact) mass is 361 g/mol. The summed E-state index contributed by atoms with van der Waals surface area (Å²) in [5, 5.41) is 13.3. The topological polar surface area (TPSA) is 98.3 Å². The Balaban J connectivity index is 1.60. The number of nitro groups is 1. The number of nitro benzene ring substituents is 1. The van der Waals surface area contributed by atoms with Gasteiger partial charge in [0.05, 0.1) is 11.0 Å². The minimum absolute atomic E-state index is 0.0317. The number of nitrogens with two attached hydrogens (primary N) is 1. The summed E-state index contributed by atoms with van der Waals surface area (Å²) >= 11 is 0. The van der Waals surface area contributed by atoms with Gasteiger partial charge in [0.2, 0.25) is 5.91 Å². The highest BCUT2D eigenvalue weighted by molar-refractivity contribution is 5.94. The van der Waals surface area contributed by atoms with E-state index in [0.29, 0.717) is 12.1 Å². The maximum absolute atomic E-state index is 12.3. The summed E-state index contributed by atoms with van der Waals surface area (Å²) in [5.41, 5.74) is 9.63. The number of nitrogens with one attached hydrogen (secondary N) is 1. The number of carbonyl (C=O) groups excluding carboxylic acids is 1. The molecular formula is C21H19N3O3. The first-order valence-corrected chi connectivity index (χ1v) is 8.48. The van der Waals surface area contributed by atoms with E-state index in [1.807, 2.05) is 54.6 Å². The molecule has 1 unspecified atom stereocenters. The maximum atomic E-state index is 12.3. The SMILES string of the molecule is NC(Cc1ccc(-c2ccccc2)cc1)C(=O)Nc1ccc([N+](=O)[O-])cc1. The van der Waals surface area contributed by atoms with Crippen LogP contribution in [0.15, 0.2) is 78.9 Å². The quantitative estimate of drug-likeness (QED) is 0.516. The summed E-state index contributed by atoms with van der Waals surface area (Å²) in [6, 6.07) is 22.9. The number of hydrogen-bond acceptors (Lipinski definition) is 4. The van der Waals surface area contributed by atoms with Gasteiger partial charge in [0.15, 0.2) is 0 Å². The Morgan fingerprint density at radius 1 is 0.926 bits per heavy atom. The Morgan fingerprint density at radius 3 is 2.11 bits per heavy atom. The van der Waals surface area contributed by atoms with E-state index in [-0.39, 0.29) is 11.6 Å². The van der Waals surface area contributed by atoms with E-state index in [2.05, 4.69) is 5.32 Å². The molecule has 0 spiro atoms. The van der Waals surface area contributed by atoms with Crippen molar-refractivity contribution >= 4 is 17.3 Å². The molecule has 1 atom stereocenters. The van der Waals surface area contributed by atoms with E-state index in [1.54, 1.807) is 0 Å². The van der Waals surface area contributed by atoms with Crippen molar-refractivity contribution in [1.29, 1.82) is 0 Å². The normalized spacial score (nSPS) is 11.6. The Morgan fingerprint density at radius 2 is 1.52 bits per heavy atom. The highest BCUT2D eigenvalue weighted by Gasteiger charge is 2.15. The van der Waals surface area contributed by atoms with Crippen molar-refractivity contribution < 1.29 is 9.72 Å². The van der Waals surface area contributed by atoms with E-state index >= 15 is 0 Å². The molecule has 0 bridgehead atoms. The number of carbonyl (C=O) groups is 1. The van der Waals surface area contributed by atoms with Crippen LogP contribution in [-0.2, 0) is 11.2 Å². The molecular weight excluding hydrogens is 342 g/mol. The van der Waals surface area contributed by atoms with Crippen molar-refractivity contribution in [3.05, 3.63) is 94.5 Å². The van der Waals surface area contributed by atoms with Gasteiger partial charge in [-0.3, -0.25) is 14.9 Å². The largest absolute Gasteiger partial charge is 0.325 e. The Bertz CT molecular complexity index is 923. The van der Waals surface area contributed by atoms with Gasteiger partial charge in [0, 0.05) is 17.8 Å². The van der Waals surface area contributed by atoms with Crippen molar-refractivity contribution in [3.63, 3.8) is 0 Å². The van der Waals surface area contributed by atoms with Crippen molar-refractivity contribution in [1.82, 2.24) is 0 Å². The summed E-state index contributed by atoms with van der Waals surface area (Å²) in [6.07, 6.45) is 0.397. The van der Waals surface area contributed by atoms with Crippen LogP contribution >= 0.6 is 0 Å². The molecule has 6 nitrogen and oxygen atoms in total. The molecule has 0 saturated carbocycles. The Kier molecular flexibility index (Phi) is 5.58. The van der Waals surface area contributed by atoms with E-state index in [9.17, 15) is 14.9 Å². The fourth-order valence-electron chi connectivity index (χ4n) is 2.71. The summed E-state index contributed by atoms with van der Waals surface area (Å²) < 4.78 is 0. The van der Waals surface area contributed by atoms with Gasteiger partial charge < -0.3 is 11.1 Å². The van der Waals surface area contributed by atoms with E-state index < -0.39 is 11.0 Å². The predicted molar refractivity (Wildman–Crippen MR) is 105 cm³/mol. The van der Waals surface area contributed by atoms with Crippen LogP contribution in [0.3, 0.4) is 0 Å². The van der Waals surface area contributed by atoms with Crippen LogP contribution < -0.4 is 11.1 Å². The van der Waals surface area contributed by atoms with Crippen LogP contribution in [0.25, 0.3) is 11.1 Å². The average molecular weight is 361 g/mol. The minimum atomic E-state index is -0.720. The van der Waals surface area contributed by atoms with Crippen molar-refractivity contribution in [2.45, 2.75) is 12.5 Å². The fraction of sp³-hybridized carbons (Fsp3) is 0.0952. The van der Waals surface area contributed by atoms with Gasteiger partial charge in [0.1, 0.15) is 0 Å². The second-order valence-electron chi connectivity index (χ2n) is 6.17. The molecule has 6 heteroatoms. The molecule has 3 rings (SSSR count). The highest BCUT2D eigenvalue weighted by atomic mass is 16.6. The zero-order chi connectivity index (χ0) is 19.2. The van der Waals surface area contributed by atoms with Crippen LogP contribution in [0.1, 0.15) is 5.56 Å². The second-order valence-corrected chi connectivity index (χ2v) is 6.17. The first kappa shape index (κ1) is 18.3. The second kappa shape index (κ2) is 8.25.